The minimum atomic E-state index is -0.307. The van der Waals surface area contributed by atoms with Gasteiger partial charge in [0.1, 0.15) is 0 Å². The van der Waals surface area contributed by atoms with Crippen LogP contribution in [0.25, 0.3) is 0 Å². The molecular weight excluding hydrogens is 128 g/mol. The third-order valence-electron chi connectivity index (χ3n) is 1.62. The molecule has 1 heterocycles. The second-order valence-corrected chi connectivity index (χ2v) is 3.21. The van der Waals surface area contributed by atoms with Gasteiger partial charge < -0.3 is 9.47 Å². The summed E-state index contributed by atoms with van der Waals surface area (Å²) in [6.45, 7) is 6.05. The summed E-state index contributed by atoms with van der Waals surface area (Å²) >= 11 is 0. The van der Waals surface area contributed by atoms with Gasteiger partial charge in [-0.05, 0) is 26.7 Å². The van der Waals surface area contributed by atoms with Crippen LogP contribution in [0.1, 0.15) is 40.0 Å². The maximum atomic E-state index is 5.41. The number of hydrogen-bond acceptors (Lipinski definition) is 2. The van der Waals surface area contributed by atoms with Crippen LogP contribution in [0.2, 0.25) is 0 Å². The van der Waals surface area contributed by atoms with Crippen LogP contribution in [0.5, 0.6) is 0 Å². The predicted molar refractivity (Wildman–Crippen MR) is 39.6 cm³/mol. The van der Waals surface area contributed by atoms with Crippen molar-refractivity contribution in [2.45, 2.75) is 52.1 Å². The van der Waals surface area contributed by atoms with E-state index in [1.54, 1.807) is 0 Å². The molecule has 1 fully saturated rings. The van der Waals surface area contributed by atoms with Crippen LogP contribution in [0.3, 0.4) is 0 Å². The van der Waals surface area contributed by atoms with Crippen molar-refractivity contribution in [3.05, 3.63) is 0 Å². The largest absolute Gasteiger partial charge is 0.322 e. The summed E-state index contributed by atoms with van der Waals surface area (Å²) in [6, 6.07) is 0. The van der Waals surface area contributed by atoms with Crippen molar-refractivity contribution in [2.75, 3.05) is 0 Å². The van der Waals surface area contributed by atoms with E-state index < -0.39 is 0 Å². The average Bonchev–Trinajstić information content (AvgIpc) is 1.78. The lowest BCUT2D eigenvalue weighted by Gasteiger charge is -2.42. The maximum Gasteiger partial charge on any atom is 0.169 e. The van der Waals surface area contributed by atoms with Gasteiger partial charge in [0.2, 0.25) is 0 Å². The lowest BCUT2D eigenvalue weighted by Crippen LogP contribution is -2.48. The first kappa shape index (κ1) is 8.02. The molecule has 0 amide bonds. The second-order valence-electron chi connectivity index (χ2n) is 3.21. The minimum absolute atomic E-state index is 0.0787. The summed E-state index contributed by atoms with van der Waals surface area (Å²) in [7, 11) is 0. The zero-order valence-electron chi connectivity index (χ0n) is 7.02. The van der Waals surface area contributed by atoms with Crippen LogP contribution in [0.4, 0.5) is 0 Å². The van der Waals surface area contributed by atoms with Crippen molar-refractivity contribution >= 4 is 0 Å². The lowest BCUT2D eigenvalue weighted by atomic mass is 10.2. The summed E-state index contributed by atoms with van der Waals surface area (Å²) in [5, 5.41) is 0. The van der Waals surface area contributed by atoms with Gasteiger partial charge in [-0.1, -0.05) is 13.3 Å². The summed E-state index contributed by atoms with van der Waals surface area (Å²) < 4.78 is 10.8. The Kier molecular flexibility index (Phi) is 2.32. The number of ether oxygens (including phenoxy) is 2. The highest BCUT2D eigenvalue weighted by atomic mass is 16.9. The Hall–Kier alpha value is -0.0800. The Labute approximate surface area is 62.5 Å². The fourth-order valence-electron chi connectivity index (χ4n) is 1.13. The monoisotopic (exact) mass is 144 g/mol. The molecule has 1 aliphatic heterocycles. The first-order chi connectivity index (χ1) is 4.64. The smallest absolute Gasteiger partial charge is 0.169 e. The average molecular weight is 144 g/mol. The molecule has 60 valence electrons. The topological polar surface area (TPSA) is 18.5 Å². The molecule has 2 nitrogen and oxygen atoms in total. The van der Waals surface area contributed by atoms with E-state index in [0.717, 1.165) is 6.42 Å². The van der Waals surface area contributed by atoms with E-state index in [1.807, 2.05) is 13.8 Å². The summed E-state index contributed by atoms with van der Waals surface area (Å²) in [6.07, 6.45) is 3.53. The fraction of sp³-hybridized carbons (Fsp3) is 1.00. The number of unbranched alkanes of at least 4 members (excludes halogenated alkanes) is 1. The molecule has 0 N–H and O–H groups in total. The van der Waals surface area contributed by atoms with E-state index >= 15 is 0 Å². The molecule has 1 saturated heterocycles. The highest BCUT2D eigenvalue weighted by molar-refractivity contribution is 4.66. The highest BCUT2D eigenvalue weighted by Gasteiger charge is 2.37. The minimum Gasteiger partial charge on any atom is -0.322 e. The van der Waals surface area contributed by atoms with E-state index in [-0.39, 0.29) is 12.1 Å². The third-order valence-corrected chi connectivity index (χ3v) is 1.62. The van der Waals surface area contributed by atoms with Crippen molar-refractivity contribution in [2.24, 2.45) is 0 Å². The summed E-state index contributed by atoms with van der Waals surface area (Å²) in [5.41, 5.74) is 0. The first-order valence-corrected chi connectivity index (χ1v) is 4.00. The zero-order chi connectivity index (χ0) is 7.61. The van der Waals surface area contributed by atoms with E-state index in [9.17, 15) is 0 Å². The molecule has 10 heavy (non-hydrogen) atoms. The molecule has 0 aromatic rings. The van der Waals surface area contributed by atoms with Gasteiger partial charge in [-0.3, -0.25) is 0 Å². The van der Waals surface area contributed by atoms with Crippen molar-refractivity contribution in [3.8, 4) is 0 Å². The van der Waals surface area contributed by atoms with Crippen molar-refractivity contribution in [3.63, 3.8) is 0 Å². The SMILES string of the molecule is CCCCC1OC(C)(C)O1. The standard InChI is InChI=1S/C8H16O2/c1-4-5-6-7-9-8(2,3)10-7/h7H,4-6H2,1-3H3. The Balaban J connectivity index is 2.03. The van der Waals surface area contributed by atoms with Gasteiger partial charge in [0.15, 0.2) is 12.1 Å². The molecular formula is C8H16O2. The predicted octanol–water partition coefficient (Wildman–Crippen LogP) is 2.29. The molecule has 2 heteroatoms. The quantitative estimate of drug-likeness (QED) is 0.605. The normalized spacial score (nSPS) is 24.3. The van der Waals surface area contributed by atoms with Crippen LogP contribution in [-0.4, -0.2) is 12.1 Å². The Morgan fingerprint density at radius 1 is 1.30 bits per heavy atom. The molecule has 0 aromatic carbocycles. The van der Waals surface area contributed by atoms with E-state index in [1.165, 1.54) is 12.8 Å². The van der Waals surface area contributed by atoms with Crippen LogP contribution in [0.15, 0.2) is 0 Å². The summed E-state index contributed by atoms with van der Waals surface area (Å²) in [5.74, 6) is -0.307. The molecule has 0 aromatic heterocycles. The van der Waals surface area contributed by atoms with Gasteiger partial charge in [-0.2, -0.15) is 0 Å². The third kappa shape index (κ3) is 1.96. The van der Waals surface area contributed by atoms with E-state index in [2.05, 4.69) is 6.92 Å². The van der Waals surface area contributed by atoms with E-state index in [0.29, 0.717) is 0 Å². The maximum absolute atomic E-state index is 5.41. The van der Waals surface area contributed by atoms with Crippen LogP contribution in [-0.2, 0) is 9.47 Å². The Morgan fingerprint density at radius 3 is 2.30 bits per heavy atom. The molecule has 0 spiro atoms. The molecule has 0 unspecified atom stereocenters. The Bertz CT molecular complexity index is 102. The van der Waals surface area contributed by atoms with Gasteiger partial charge in [0.05, 0.1) is 0 Å². The van der Waals surface area contributed by atoms with Gasteiger partial charge in [-0.15, -0.1) is 0 Å². The lowest BCUT2D eigenvalue weighted by molar-refractivity contribution is -0.437. The molecule has 0 saturated carbocycles. The number of rotatable bonds is 3. The van der Waals surface area contributed by atoms with Crippen LogP contribution in [0, 0.1) is 0 Å². The number of hydrogen-bond donors (Lipinski definition) is 0. The summed E-state index contributed by atoms with van der Waals surface area (Å²) in [4.78, 5) is 0. The molecule has 0 atom stereocenters. The van der Waals surface area contributed by atoms with Crippen molar-refractivity contribution < 1.29 is 9.47 Å². The fourth-order valence-corrected chi connectivity index (χ4v) is 1.13. The molecule has 0 bridgehead atoms. The van der Waals surface area contributed by atoms with Crippen molar-refractivity contribution in [1.29, 1.82) is 0 Å². The molecule has 0 radical (unpaired) electrons. The first-order valence-electron chi connectivity index (χ1n) is 4.00. The molecule has 0 aliphatic carbocycles. The van der Waals surface area contributed by atoms with Gasteiger partial charge in [0, 0.05) is 0 Å². The van der Waals surface area contributed by atoms with E-state index in [4.69, 9.17) is 9.47 Å². The van der Waals surface area contributed by atoms with Gasteiger partial charge >= 0.3 is 0 Å². The van der Waals surface area contributed by atoms with Crippen LogP contribution < -0.4 is 0 Å². The second kappa shape index (κ2) is 2.89. The van der Waals surface area contributed by atoms with Crippen molar-refractivity contribution in [1.82, 2.24) is 0 Å². The van der Waals surface area contributed by atoms with Crippen LogP contribution >= 0.6 is 0 Å². The van der Waals surface area contributed by atoms with Gasteiger partial charge in [-0.25, -0.2) is 0 Å². The highest BCUT2D eigenvalue weighted by Crippen LogP contribution is 2.30. The Morgan fingerprint density at radius 2 is 1.90 bits per heavy atom. The molecule has 1 aliphatic rings. The molecule has 1 rings (SSSR count). The van der Waals surface area contributed by atoms with Gasteiger partial charge in [0.25, 0.3) is 0 Å². The zero-order valence-corrected chi connectivity index (χ0v) is 7.02.